The molecule has 1 aromatic rings. The molecule has 0 saturated heterocycles. The summed E-state index contributed by atoms with van der Waals surface area (Å²) in [6.07, 6.45) is 0. The van der Waals surface area contributed by atoms with E-state index in [9.17, 15) is 19.7 Å². The normalized spacial score (nSPS) is 10.2. The van der Waals surface area contributed by atoms with Crippen LogP contribution in [0.4, 0.5) is 11.4 Å². The quantitative estimate of drug-likeness (QED) is 0.574. The highest BCUT2D eigenvalue weighted by atomic mass is 16.6. The fourth-order valence-corrected chi connectivity index (χ4v) is 1.43. The highest BCUT2D eigenvalue weighted by Crippen LogP contribution is 2.16. The lowest BCUT2D eigenvalue weighted by Gasteiger charge is -2.13. The van der Waals surface area contributed by atoms with Gasteiger partial charge in [-0.15, -0.1) is 0 Å². The highest BCUT2D eigenvalue weighted by molar-refractivity contribution is 5.92. The number of carbonyl (C=O) groups is 2. The van der Waals surface area contributed by atoms with E-state index < -0.39 is 16.8 Å². The van der Waals surface area contributed by atoms with E-state index in [1.165, 1.54) is 36.2 Å². The second kappa shape index (κ2) is 6.45. The van der Waals surface area contributed by atoms with E-state index in [1.54, 1.807) is 0 Å². The van der Waals surface area contributed by atoms with Crippen LogP contribution in [0.15, 0.2) is 24.3 Å². The molecule has 1 rings (SSSR count). The number of rotatable bonds is 6. The molecule has 0 radical (unpaired) electrons. The van der Waals surface area contributed by atoms with Crippen LogP contribution in [0, 0.1) is 10.1 Å². The van der Waals surface area contributed by atoms with Crippen molar-refractivity contribution in [2.45, 2.75) is 0 Å². The van der Waals surface area contributed by atoms with Crippen molar-refractivity contribution >= 4 is 23.3 Å². The SMILES string of the molecule is CN(CC(=O)O)CC(=O)Nc1cccc([N+](=O)[O-])c1. The summed E-state index contributed by atoms with van der Waals surface area (Å²) in [6.45, 7) is -0.378. The highest BCUT2D eigenvalue weighted by Gasteiger charge is 2.11. The first kappa shape index (κ1) is 14.6. The minimum atomic E-state index is -1.04. The number of anilines is 1. The molecule has 0 saturated carbocycles. The zero-order valence-corrected chi connectivity index (χ0v) is 10.2. The van der Waals surface area contributed by atoms with E-state index in [4.69, 9.17) is 5.11 Å². The standard InChI is InChI=1S/C11H13N3O5/c1-13(7-11(16)17)6-10(15)12-8-3-2-4-9(5-8)14(18)19/h2-5H,6-7H2,1H3,(H,12,15)(H,16,17). The summed E-state index contributed by atoms with van der Waals surface area (Å²) < 4.78 is 0. The van der Waals surface area contributed by atoms with Gasteiger partial charge in [0.15, 0.2) is 0 Å². The second-order valence-electron chi connectivity index (χ2n) is 3.92. The largest absolute Gasteiger partial charge is 0.480 e. The van der Waals surface area contributed by atoms with E-state index in [-0.39, 0.29) is 18.8 Å². The molecule has 0 aliphatic carbocycles. The molecule has 102 valence electrons. The predicted molar refractivity (Wildman–Crippen MR) is 66.9 cm³/mol. The van der Waals surface area contributed by atoms with Crippen LogP contribution in [-0.4, -0.2) is 46.9 Å². The third-order valence-corrected chi connectivity index (χ3v) is 2.16. The Kier molecular flexibility index (Phi) is 4.95. The van der Waals surface area contributed by atoms with E-state index in [0.29, 0.717) is 5.69 Å². The number of hydrogen-bond acceptors (Lipinski definition) is 5. The lowest BCUT2D eigenvalue weighted by molar-refractivity contribution is -0.384. The van der Waals surface area contributed by atoms with Gasteiger partial charge in [0, 0.05) is 17.8 Å². The molecule has 0 spiro atoms. The fraction of sp³-hybridized carbons (Fsp3) is 0.273. The molecule has 0 atom stereocenters. The maximum atomic E-state index is 11.6. The topological polar surface area (TPSA) is 113 Å². The van der Waals surface area contributed by atoms with E-state index >= 15 is 0 Å². The van der Waals surface area contributed by atoms with Crippen LogP contribution >= 0.6 is 0 Å². The number of nitrogens with zero attached hydrogens (tertiary/aromatic N) is 2. The van der Waals surface area contributed by atoms with Crippen molar-refractivity contribution in [2.75, 3.05) is 25.5 Å². The fourth-order valence-electron chi connectivity index (χ4n) is 1.43. The Morgan fingerprint density at radius 3 is 2.68 bits per heavy atom. The smallest absolute Gasteiger partial charge is 0.317 e. The van der Waals surface area contributed by atoms with Gasteiger partial charge in [-0.3, -0.25) is 24.6 Å². The number of nitrogens with one attached hydrogen (secondary N) is 1. The number of likely N-dealkylation sites (N-methyl/N-ethyl adjacent to an activating group) is 1. The number of nitro groups is 1. The average Bonchev–Trinajstić information content (AvgIpc) is 2.27. The number of carbonyl (C=O) groups excluding carboxylic acids is 1. The third-order valence-electron chi connectivity index (χ3n) is 2.16. The number of carboxylic acid groups (broad SMARTS) is 1. The van der Waals surface area contributed by atoms with Crippen LogP contribution in [0.2, 0.25) is 0 Å². The van der Waals surface area contributed by atoms with Crippen molar-refractivity contribution in [3.05, 3.63) is 34.4 Å². The lowest BCUT2D eigenvalue weighted by atomic mass is 10.3. The lowest BCUT2D eigenvalue weighted by Crippen LogP contribution is -2.33. The Labute approximate surface area is 108 Å². The molecule has 0 aromatic heterocycles. The predicted octanol–water partition coefficient (Wildman–Crippen LogP) is 0.550. The summed E-state index contributed by atoms with van der Waals surface area (Å²) in [6, 6.07) is 5.51. The zero-order valence-electron chi connectivity index (χ0n) is 10.2. The Morgan fingerprint density at radius 1 is 1.42 bits per heavy atom. The summed E-state index contributed by atoms with van der Waals surface area (Å²) in [4.78, 5) is 33.3. The van der Waals surface area contributed by atoms with Gasteiger partial charge < -0.3 is 10.4 Å². The Morgan fingerprint density at radius 2 is 2.11 bits per heavy atom. The molecule has 0 unspecified atom stereocenters. The molecule has 0 aliphatic rings. The first-order chi connectivity index (χ1) is 8.88. The number of hydrogen-bond donors (Lipinski definition) is 2. The second-order valence-corrected chi connectivity index (χ2v) is 3.92. The van der Waals surface area contributed by atoms with Gasteiger partial charge in [-0.1, -0.05) is 6.07 Å². The molecule has 0 fully saturated rings. The number of non-ortho nitro benzene ring substituents is 1. The van der Waals surface area contributed by atoms with Gasteiger partial charge in [-0.05, 0) is 13.1 Å². The van der Waals surface area contributed by atoms with E-state index in [0.717, 1.165) is 0 Å². The number of amides is 1. The Hall–Kier alpha value is -2.48. The number of aliphatic carboxylic acids is 1. The first-order valence-electron chi connectivity index (χ1n) is 5.33. The van der Waals surface area contributed by atoms with Crippen LogP contribution < -0.4 is 5.32 Å². The molecule has 0 bridgehead atoms. The summed E-state index contributed by atoms with van der Waals surface area (Å²) in [5.74, 6) is -1.48. The van der Waals surface area contributed by atoms with Crippen molar-refractivity contribution in [1.82, 2.24) is 4.90 Å². The maximum Gasteiger partial charge on any atom is 0.317 e. The van der Waals surface area contributed by atoms with Gasteiger partial charge in [0.2, 0.25) is 5.91 Å². The van der Waals surface area contributed by atoms with Crippen molar-refractivity contribution < 1.29 is 19.6 Å². The molecule has 8 heteroatoms. The molecule has 2 N–H and O–H groups in total. The summed E-state index contributed by atoms with van der Waals surface area (Å²) >= 11 is 0. The van der Waals surface area contributed by atoms with Crippen molar-refractivity contribution in [2.24, 2.45) is 0 Å². The first-order valence-corrected chi connectivity index (χ1v) is 5.33. The molecule has 1 amide bonds. The van der Waals surface area contributed by atoms with Gasteiger partial charge >= 0.3 is 5.97 Å². The van der Waals surface area contributed by atoms with E-state index in [2.05, 4.69) is 5.32 Å². The average molecular weight is 267 g/mol. The van der Waals surface area contributed by atoms with Crippen molar-refractivity contribution in [1.29, 1.82) is 0 Å². The van der Waals surface area contributed by atoms with Gasteiger partial charge in [-0.2, -0.15) is 0 Å². The molecule has 0 aliphatic heterocycles. The van der Waals surface area contributed by atoms with Crippen LogP contribution in [0.1, 0.15) is 0 Å². The van der Waals surface area contributed by atoms with Gasteiger partial charge in [0.05, 0.1) is 18.0 Å². The summed E-state index contributed by atoms with van der Waals surface area (Å²) in [5, 5.41) is 21.6. The molecular weight excluding hydrogens is 254 g/mol. The monoisotopic (exact) mass is 267 g/mol. The van der Waals surface area contributed by atoms with Gasteiger partial charge in [0.1, 0.15) is 0 Å². The molecule has 19 heavy (non-hydrogen) atoms. The molecule has 1 aromatic carbocycles. The minimum Gasteiger partial charge on any atom is -0.480 e. The van der Waals surface area contributed by atoms with Crippen LogP contribution in [0.3, 0.4) is 0 Å². The number of benzene rings is 1. The van der Waals surface area contributed by atoms with Crippen LogP contribution in [0.5, 0.6) is 0 Å². The van der Waals surface area contributed by atoms with Crippen LogP contribution in [0.25, 0.3) is 0 Å². The molecule has 8 nitrogen and oxygen atoms in total. The summed E-state index contributed by atoms with van der Waals surface area (Å²) in [7, 11) is 1.49. The zero-order chi connectivity index (χ0) is 14.4. The van der Waals surface area contributed by atoms with Gasteiger partial charge in [0.25, 0.3) is 5.69 Å². The van der Waals surface area contributed by atoms with E-state index in [1.807, 2.05) is 0 Å². The van der Waals surface area contributed by atoms with Gasteiger partial charge in [-0.25, -0.2) is 0 Å². The number of carboxylic acids is 1. The Balaban J connectivity index is 2.59. The molecular formula is C11H13N3O5. The maximum absolute atomic E-state index is 11.6. The third kappa shape index (κ3) is 5.13. The number of nitro benzene ring substituents is 1. The summed E-state index contributed by atoms with van der Waals surface area (Å²) in [5.41, 5.74) is 0.166. The van der Waals surface area contributed by atoms with Crippen molar-refractivity contribution in [3.63, 3.8) is 0 Å². The van der Waals surface area contributed by atoms with Crippen molar-refractivity contribution in [3.8, 4) is 0 Å². The van der Waals surface area contributed by atoms with Crippen LogP contribution in [-0.2, 0) is 9.59 Å². The Bertz CT molecular complexity index is 503. The minimum absolute atomic E-state index is 0.116. The molecule has 0 heterocycles.